The zero-order valence-corrected chi connectivity index (χ0v) is 20.2. The van der Waals surface area contributed by atoms with Crippen molar-refractivity contribution in [2.45, 2.75) is 69.1 Å². The summed E-state index contributed by atoms with van der Waals surface area (Å²) >= 11 is 0. The van der Waals surface area contributed by atoms with Gasteiger partial charge >= 0.3 is 12.2 Å². The Balaban J connectivity index is 1.36. The Hall–Kier alpha value is -3.03. The second-order valence-electron chi connectivity index (χ2n) is 10.4. The van der Waals surface area contributed by atoms with Crippen LogP contribution in [0.15, 0.2) is 54.6 Å². The summed E-state index contributed by atoms with van der Waals surface area (Å²) in [4.78, 5) is 28.0. The lowest BCUT2D eigenvalue weighted by Gasteiger charge is -2.53. The normalized spacial score (nSPS) is 28.1. The molecule has 5 rings (SSSR count). The molecular weight excluding hydrogens is 467 g/mol. The van der Waals surface area contributed by atoms with Crippen LogP contribution in [-0.2, 0) is 17.4 Å². The fraction of sp³-hybridized carbons (Fsp3) is 0.500. The zero-order chi connectivity index (χ0) is 25.3. The summed E-state index contributed by atoms with van der Waals surface area (Å²) in [5.41, 5.74) is 0.636. The third-order valence-electron chi connectivity index (χ3n) is 8.45. The number of halogens is 3. The second-order valence-corrected chi connectivity index (χ2v) is 10.4. The van der Waals surface area contributed by atoms with Crippen LogP contribution in [0, 0.1) is 11.8 Å². The first kappa shape index (κ1) is 24.7. The van der Waals surface area contributed by atoms with Crippen molar-refractivity contribution in [3.8, 4) is 0 Å². The molecule has 1 unspecified atom stereocenters. The van der Waals surface area contributed by atoms with Crippen molar-refractivity contribution < 1.29 is 22.8 Å². The highest BCUT2D eigenvalue weighted by Crippen LogP contribution is 2.52. The molecule has 1 saturated carbocycles. The number of carbonyl (C=O) groups is 2. The maximum atomic E-state index is 13.0. The van der Waals surface area contributed by atoms with Gasteiger partial charge in [-0.25, -0.2) is 4.79 Å². The smallest absolute Gasteiger partial charge is 0.337 e. The van der Waals surface area contributed by atoms with Gasteiger partial charge in [0.15, 0.2) is 0 Å². The number of alkyl halides is 3. The first-order valence-electron chi connectivity index (χ1n) is 12.9. The van der Waals surface area contributed by atoms with Crippen molar-refractivity contribution >= 4 is 17.6 Å². The van der Waals surface area contributed by atoms with E-state index in [4.69, 9.17) is 0 Å². The number of rotatable bonds is 4. The largest absolute Gasteiger partial charge is 0.416 e. The maximum Gasteiger partial charge on any atom is 0.416 e. The van der Waals surface area contributed by atoms with Gasteiger partial charge in [0.2, 0.25) is 5.91 Å². The predicted octanol–water partition coefficient (Wildman–Crippen LogP) is 6.01. The van der Waals surface area contributed by atoms with Crippen LogP contribution in [0.3, 0.4) is 0 Å². The maximum absolute atomic E-state index is 13.0. The number of hydrogen-bond donors (Lipinski definition) is 2. The van der Waals surface area contributed by atoms with Crippen molar-refractivity contribution in [3.05, 3.63) is 65.7 Å². The standard InChI is InChI=1S/C28H32F3N3O2/c29-28(30,31)20-10-12-21(13-11-20)32-26(36)33-24-14-16-27-15-5-17-34(27)25(35)9-4-8-23(27)22(24)18-19-6-2-1-3-7-19/h1-3,6-7,10-13,22-24H,4-5,8-9,14-18H2,(H2,32,33,36)/t22?,23-,24-,27+/m0/s1. The number of urea groups is 1. The Labute approximate surface area is 209 Å². The molecule has 2 aromatic carbocycles. The molecule has 0 radical (unpaired) electrons. The number of anilines is 1. The highest BCUT2D eigenvalue weighted by atomic mass is 19.4. The third kappa shape index (κ3) is 4.82. The van der Waals surface area contributed by atoms with Gasteiger partial charge in [-0.1, -0.05) is 30.3 Å². The van der Waals surface area contributed by atoms with E-state index in [9.17, 15) is 22.8 Å². The topological polar surface area (TPSA) is 61.4 Å². The van der Waals surface area contributed by atoms with E-state index in [2.05, 4.69) is 27.7 Å². The van der Waals surface area contributed by atoms with Gasteiger partial charge in [0.25, 0.3) is 0 Å². The van der Waals surface area contributed by atoms with Crippen molar-refractivity contribution in [1.29, 1.82) is 0 Å². The molecule has 2 saturated heterocycles. The lowest BCUT2D eigenvalue weighted by atomic mass is 9.61. The fourth-order valence-electron chi connectivity index (χ4n) is 6.92. The van der Waals surface area contributed by atoms with E-state index in [1.54, 1.807) is 0 Å². The molecule has 2 aliphatic heterocycles. The summed E-state index contributed by atoms with van der Waals surface area (Å²) in [5.74, 6) is 0.711. The van der Waals surface area contributed by atoms with Gasteiger partial charge in [-0.2, -0.15) is 13.2 Å². The van der Waals surface area contributed by atoms with E-state index in [-0.39, 0.29) is 29.3 Å². The van der Waals surface area contributed by atoms with E-state index in [1.807, 2.05) is 18.2 Å². The quantitative estimate of drug-likeness (QED) is 0.541. The molecule has 2 heterocycles. The molecule has 4 atom stereocenters. The van der Waals surface area contributed by atoms with Crippen molar-refractivity contribution in [3.63, 3.8) is 0 Å². The van der Waals surface area contributed by atoms with Crippen LogP contribution >= 0.6 is 0 Å². The Morgan fingerprint density at radius 2 is 1.75 bits per heavy atom. The van der Waals surface area contributed by atoms with Crippen LogP contribution in [-0.4, -0.2) is 35.0 Å². The summed E-state index contributed by atoms with van der Waals surface area (Å²) in [6.45, 7) is 0.819. The molecule has 3 aliphatic rings. The lowest BCUT2D eigenvalue weighted by Crippen LogP contribution is -2.61. The van der Waals surface area contributed by atoms with Crippen molar-refractivity contribution in [2.75, 3.05) is 11.9 Å². The third-order valence-corrected chi connectivity index (χ3v) is 8.45. The van der Waals surface area contributed by atoms with Crippen molar-refractivity contribution in [2.24, 2.45) is 11.8 Å². The Morgan fingerprint density at radius 1 is 1.00 bits per heavy atom. The molecule has 3 amide bonds. The SMILES string of the molecule is O=C(Nc1ccc(C(F)(F)F)cc1)N[C@H]1CC[C@@]23CCCN2C(=O)CCC[C@H]3C1Cc1ccccc1. The molecule has 192 valence electrons. The van der Waals surface area contributed by atoms with Gasteiger partial charge < -0.3 is 15.5 Å². The molecule has 0 aromatic heterocycles. The highest BCUT2D eigenvalue weighted by Gasteiger charge is 2.56. The van der Waals surface area contributed by atoms with Gasteiger partial charge in [-0.15, -0.1) is 0 Å². The van der Waals surface area contributed by atoms with Crippen LogP contribution in [0.5, 0.6) is 0 Å². The first-order chi connectivity index (χ1) is 17.3. The fourth-order valence-corrected chi connectivity index (χ4v) is 6.92. The number of carbonyl (C=O) groups excluding carboxylic acids is 2. The molecule has 1 spiro atoms. The summed E-state index contributed by atoms with van der Waals surface area (Å²) in [6, 6.07) is 14.2. The van der Waals surface area contributed by atoms with Gasteiger partial charge in [0, 0.05) is 30.2 Å². The van der Waals surface area contributed by atoms with E-state index >= 15 is 0 Å². The average molecular weight is 500 g/mol. The van der Waals surface area contributed by atoms with Gasteiger partial charge in [0.05, 0.1) is 5.56 Å². The Kier molecular flexibility index (Phi) is 6.70. The second kappa shape index (κ2) is 9.79. The van der Waals surface area contributed by atoms with Gasteiger partial charge in [-0.3, -0.25) is 4.79 Å². The highest BCUT2D eigenvalue weighted by molar-refractivity contribution is 5.89. The minimum Gasteiger partial charge on any atom is -0.337 e. The van der Waals surface area contributed by atoms with Gasteiger partial charge in [-0.05, 0) is 86.6 Å². The molecule has 3 fully saturated rings. The summed E-state index contributed by atoms with van der Waals surface area (Å²) < 4.78 is 38.6. The minimum absolute atomic E-state index is 0.0917. The number of benzene rings is 2. The number of hydrogen-bond acceptors (Lipinski definition) is 2. The average Bonchev–Trinajstić information content (AvgIpc) is 3.21. The van der Waals surface area contributed by atoms with Crippen LogP contribution in [0.2, 0.25) is 0 Å². The molecular formula is C28H32F3N3O2. The van der Waals surface area contributed by atoms with Crippen LogP contribution in [0.1, 0.15) is 56.1 Å². The first-order valence-corrected chi connectivity index (χ1v) is 12.9. The Bertz CT molecular complexity index is 1090. The number of amides is 3. The lowest BCUT2D eigenvalue weighted by molar-refractivity contribution is -0.139. The summed E-state index contributed by atoms with van der Waals surface area (Å²) in [6.07, 6.45) is 2.45. The van der Waals surface area contributed by atoms with Crippen LogP contribution in [0.4, 0.5) is 23.7 Å². The van der Waals surface area contributed by atoms with Gasteiger partial charge in [0.1, 0.15) is 0 Å². The molecule has 1 aliphatic carbocycles. The monoisotopic (exact) mass is 499 g/mol. The molecule has 36 heavy (non-hydrogen) atoms. The molecule has 5 nitrogen and oxygen atoms in total. The number of nitrogens with zero attached hydrogens (tertiary/aromatic N) is 1. The van der Waals surface area contributed by atoms with Crippen LogP contribution < -0.4 is 10.6 Å². The Morgan fingerprint density at radius 3 is 2.47 bits per heavy atom. The van der Waals surface area contributed by atoms with E-state index in [1.165, 1.54) is 17.7 Å². The number of nitrogens with one attached hydrogen (secondary N) is 2. The predicted molar refractivity (Wildman–Crippen MR) is 131 cm³/mol. The van der Waals surface area contributed by atoms with Crippen LogP contribution in [0.25, 0.3) is 0 Å². The summed E-state index contributed by atoms with van der Waals surface area (Å²) in [5, 5.41) is 5.85. The van der Waals surface area contributed by atoms with E-state index < -0.39 is 17.8 Å². The van der Waals surface area contributed by atoms with E-state index in [0.29, 0.717) is 12.1 Å². The molecule has 2 N–H and O–H groups in total. The molecule has 2 aromatic rings. The van der Waals surface area contributed by atoms with Crippen molar-refractivity contribution in [1.82, 2.24) is 10.2 Å². The minimum atomic E-state index is -4.42. The summed E-state index contributed by atoms with van der Waals surface area (Å²) in [7, 11) is 0. The molecule has 8 heteroatoms. The zero-order valence-electron chi connectivity index (χ0n) is 20.2. The molecule has 0 bridgehead atoms. The van der Waals surface area contributed by atoms with E-state index in [0.717, 1.165) is 63.6 Å².